The van der Waals surface area contributed by atoms with Crippen LogP contribution in [-0.4, -0.2) is 28.7 Å². The Balaban J connectivity index is 1.35. The van der Waals surface area contributed by atoms with Crippen LogP contribution in [0.3, 0.4) is 0 Å². The number of carbonyl (C=O) groups is 2. The van der Waals surface area contributed by atoms with E-state index in [1.807, 2.05) is 24.3 Å². The molecule has 0 radical (unpaired) electrons. The standard InChI is InChI=1S/C26H36N4O3S/c1-3-4-5-18-6-10-20(11-7-18)26(32)28-25-22-16-34-17-23(22)29-30(25)15-24(31)27-14-19-8-12-21(33-2)13-9-19/h8-9,12-13,18,20H,3-7,10-11,14-17H2,1-2H3,(H,27,31)(H,28,32). The van der Waals surface area contributed by atoms with Crippen LogP contribution in [0.5, 0.6) is 5.75 Å². The molecular formula is C26H36N4O3S. The molecule has 0 bridgehead atoms. The molecule has 8 heteroatoms. The van der Waals surface area contributed by atoms with Crippen LogP contribution in [-0.2, 0) is 34.2 Å². The Kier molecular flexibility index (Phi) is 8.53. The van der Waals surface area contributed by atoms with Gasteiger partial charge in [0.15, 0.2) is 0 Å². The van der Waals surface area contributed by atoms with Crippen LogP contribution in [0.2, 0.25) is 0 Å². The zero-order chi connectivity index (χ0) is 23.9. The number of methoxy groups -OCH3 is 1. The molecule has 1 fully saturated rings. The Hall–Kier alpha value is -2.48. The zero-order valence-electron chi connectivity index (χ0n) is 20.3. The molecule has 1 aromatic carbocycles. The summed E-state index contributed by atoms with van der Waals surface area (Å²) in [6.07, 6.45) is 7.99. The predicted molar refractivity (Wildman–Crippen MR) is 136 cm³/mol. The van der Waals surface area contributed by atoms with Crippen LogP contribution >= 0.6 is 11.8 Å². The molecule has 2 amide bonds. The Morgan fingerprint density at radius 3 is 2.62 bits per heavy atom. The molecule has 0 unspecified atom stereocenters. The normalized spacial score (nSPS) is 19.5. The zero-order valence-corrected chi connectivity index (χ0v) is 21.1. The SMILES string of the molecule is CCCCC1CCC(C(=O)Nc2c3c(nn2CC(=O)NCc2ccc(OC)cc2)CSC3)CC1. The van der Waals surface area contributed by atoms with Crippen molar-refractivity contribution < 1.29 is 14.3 Å². The maximum atomic E-state index is 13.1. The van der Waals surface area contributed by atoms with E-state index in [9.17, 15) is 9.59 Å². The molecule has 1 aliphatic carbocycles. The van der Waals surface area contributed by atoms with Crippen molar-refractivity contribution in [1.29, 1.82) is 0 Å². The second-order valence-corrected chi connectivity index (χ2v) is 10.4. The third kappa shape index (κ3) is 6.14. The minimum atomic E-state index is -0.128. The van der Waals surface area contributed by atoms with Crippen molar-refractivity contribution in [1.82, 2.24) is 15.1 Å². The number of anilines is 1. The van der Waals surface area contributed by atoms with Crippen LogP contribution in [0, 0.1) is 11.8 Å². The van der Waals surface area contributed by atoms with Crippen LogP contribution in [0.15, 0.2) is 24.3 Å². The molecule has 0 spiro atoms. The van der Waals surface area contributed by atoms with Crippen molar-refractivity contribution in [2.75, 3.05) is 12.4 Å². The topological polar surface area (TPSA) is 85.2 Å². The minimum Gasteiger partial charge on any atom is -0.497 e. The van der Waals surface area contributed by atoms with Gasteiger partial charge in [-0.2, -0.15) is 16.9 Å². The van der Waals surface area contributed by atoms with Gasteiger partial charge in [-0.3, -0.25) is 9.59 Å². The molecule has 34 heavy (non-hydrogen) atoms. The molecule has 1 saturated carbocycles. The van der Waals surface area contributed by atoms with Crippen LogP contribution < -0.4 is 15.4 Å². The fraction of sp³-hybridized carbons (Fsp3) is 0.577. The number of hydrogen-bond acceptors (Lipinski definition) is 5. The molecule has 2 heterocycles. The third-order valence-electron chi connectivity index (χ3n) is 6.99. The molecule has 1 aromatic heterocycles. The van der Waals surface area contributed by atoms with Crippen LogP contribution in [0.25, 0.3) is 0 Å². The highest BCUT2D eigenvalue weighted by molar-refractivity contribution is 7.98. The lowest BCUT2D eigenvalue weighted by Gasteiger charge is -2.27. The Bertz CT molecular complexity index is 981. The number of fused-ring (bicyclic) bond motifs is 1. The molecule has 0 saturated heterocycles. The molecule has 1 aliphatic heterocycles. The summed E-state index contributed by atoms with van der Waals surface area (Å²) in [6.45, 7) is 2.76. The van der Waals surface area contributed by atoms with Crippen molar-refractivity contribution in [2.24, 2.45) is 11.8 Å². The van der Waals surface area contributed by atoms with Gasteiger partial charge in [-0.15, -0.1) is 0 Å². The summed E-state index contributed by atoms with van der Waals surface area (Å²) >= 11 is 1.79. The third-order valence-corrected chi connectivity index (χ3v) is 7.96. The number of nitrogens with zero attached hydrogens (tertiary/aromatic N) is 2. The molecule has 0 atom stereocenters. The second-order valence-electron chi connectivity index (χ2n) is 9.40. The number of thioether (sulfide) groups is 1. The molecular weight excluding hydrogens is 448 g/mol. The lowest BCUT2D eigenvalue weighted by Crippen LogP contribution is -2.31. The van der Waals surface area contributed by atoms with E-state index in [4.69, 9.17) is 4.74 Å². The molecule has 2 aliphatic rings. The van der Waals surface area contributed by atoms with Gasteiger partial charge < -0.3 is 15.4 Å². The monoisotopic (exact) mass is 484 g/mol. The minimum absolute atomic E-state index is 0.0508. The lowest BCUT2D eigenvalue weighted by atomic mass is 9.79. The van der Waals surface area contributed by atoms with E-state index in [1.165, 1.54) is 19.3 Å². The highest BCUT2D eigenvalue weighted by Gasteiger charge is 2.29. The number of ether oxygens (including phenoxy) is 1. The van der Waals surface area contributed by atoms with Gasteiger partial charge in [0, 0.05) is 29.5 Å². The van der Waals surface area contributed by atoms with Crippen molar-refractivity contribution >= 4 is 29.4 Å². The first-order chi connectivity index (χ1) is 16.6. The number of benzene rings is 1. The number of nitrogens with one attached hydrogen (secondary N) is 2. The van der Waals surface area contributed by atoms with Gasteiger partial charge in [-0.25, -0.2) is 4.68 Å². The summed E-state index contributed by atoms with van der Waals surface area (Å²) < 4.78 is 6.86. The highest BCUT2D eigenvalue weighted by atomic mass is 32.2. The fourth-order valence-corrected chi connectivity index (χ4v) is 5.92. The molecule has 184 valence electrons. The van der Waals surface area contributed by atoms with Gasteiger partial charge in [-0.1, -0.05) is 38.3 Å². The van der Waals surface area contributed by atoms with E-state index in [-0.39, 0.29) is 24.3 Å². The van der Waals surface area contributed by atoms with E-state index >= 15 is 0 Å². The van der Waals surface area contributed by atoms with E-state index in [0.29, 0.717) is 12.4 Å². The fourth-order valence-electron chi connectivity index (χ4n) is 4.88. The van der Waals surface area contributed by atoms with Gasteiger partial charge in [0.1, 0.15) is 18.1 Å². The summed E-state index contributed by atoms with van der Waals surface area (Å²) in [4.78, 5) is 25.8. The van der Waals surface area contributed by atoms with E-state index in [2.05, 4.69) is 22.7 Å². The van der Waals surface area contributed by atoms with Gasteiger partial charge >= 0.3 is 0 Å². The summed E-state index contributed by atoms with van der Waals surface area (Å²) in [5, 5.41) is 10.8. The first-order valence-electron chi connectivity index (χ1n) is 12.4. The number of carbonyl (C=O) groups excluding carboxylic acids is 2. The first-order valence-corrected chi connectivity index (χ1v) is 13.6. The van der Waals surface area contributed by atoms with Crippen LogP contribution in [0.1, 0.15) is 68.7 Å². The Morgan fingerprint density at radius 1 is 1.15 bits per heavy atom. The second kappa shape index (κ2) is 11.8. The largest absolute Gasteiger partial charge is 0.497 e. The van der Waals surface area contributed by atoms with E-state index in [0.717, 1.165) is 65.7 Å². The molecule has 2 aromatic rings. The first kappa shape index (κ1) is 24.6. The average Bonchev–Trinajstić information content (AvgIpc) is 3.44. The quantitative estimate of drug-likeness (QED) is 0.502. The van der Waals surface area contributed by atoms with Gasteiger partial charge in [0.25, 0.3) is 0 Å². The number of aromatic nitrogens is 2. The predicted octanol–water partition coefficient (Wildman–Crippen LogP) is 4.89. The average molecular weight is 485 g/mol. The summed E-state index contributed by atoms with van der Waals surface area (Å²) in [5.74, 6) is 3.90. The summed E-state index contributed by atoms with van der Waals surface area (Å²) in [6, 6.07) is 7.62. The number of amides is 2. The maximum absolute atomic E-state index is 13.1. The number of hydrogen-bond donors (Lipinski definition) is 2. The molecule has 4 rings (SSSR count). The van der Waals surface area contributed by atoms with Crippen molar-refractivity contribution in [3.63, 3.8) is 0 Å². The van der Waals surface area contributed by atoms with Crippen LogP contribution in [0.4, 0.5) is 5.82 Å². The van der Waals surface area contributed by atoms with E-state index < -0.39 is 0 Å². The number of unbranched alkanes of at least 4 members (excludes halogenated alkanes) is 1. The maximum Gasteiger partial charge on any atom is 0.242 e. The summed E-state index contributed by atoms with van der Waals surface area (Å²) in [7, 11) is 1.63. The molecule has 2 N–H and O–H groups in total. The number of rotatable bonds is 10. The lowest BCUT2D eigenvalue weighted by molar-refractivity contribution is -0.122. The van der Waals surface area contributed by atoms with Gasteiger partial charge in [0.05, 0.1) is 12.8 Å². The Morgan fingerprint density at radius 2 is 1.91 bits per heavy atom. The van der Waals surface area contributed by atoms with E-state index in [1.54, 1.807) is 23.6 Å². The highest BCUT2D eigenvalue weighted by Crippen LogP contribution is 2.36. The smallest absolute Gasteiger partial charge is 0.242 e. The molecule has 7 nitrogen and oxygen atoms in total. The van der Waals surface area contributed by atoms with Crippen molar-refractivity contribution in [2.45, 2.75) is 76.5 Å². The van der Waals surface area contributed by atoms with Crippen molar-refractivity contribution in [3.8, 4) is 5.75 Å². The Labute approximate surface area is 206 Å². The van der Waals surface area contributed by atoms with Gasteiger partial charge in [0.2, 0.25) is 11.8 Å². The van der Waals surface area contributed by atoms with Crippen molar-refractivity contribution in [3.05, 3.63) is 41.1 Å². The summed E-state index contributed by atoms with van der Waals surface area (Å²) in [5.41, 5.74) is 3.04. The van der Waals surface area contributed by atoms with Gasteiger partial charge in [-0.05, 0) is 49.3 Å².